The zero-order valence-corrected chi connectivity index (χ0v) is 34.9. The van der Waals surface area contributed by atoms with Gasteiger partial charge in [0.2, 0.25) is 0 Å². The molecular weight excluding hydrogens is 738 g/mol. The van der Waals surface area contributed by atoms with Crippen LogP contribution in [0.4, 0.5) is 4.39 Å². The van der Waals surface area contributed by atoms with Crippen LogP contribution in [0.2, 0.25) is 0 Å². The molecule has 0 amide bonds. The van der Waals surface area contributed by atoms with E-state index >= 15 is 0 Å². The van der Waals surface area contributed by atoms with Crippen LogP contribution in [0.3, 0.4) is 0 Å². The number of halogens is 1. The molecule has 4 aliphatic carbocycles. The average Bonchev–Trinajstić information content (AvgIpc) is 3.70. The van der Waals surface area contributed by atoms with Gasteiger partial charge in [-0.2, -0.15) is 0 Å². The van der Waals surface area contributed by atoms with Crippen LogP contribution in [-0.4, -0.2) is 71.6 Å². The van der Waals surface area contributed by atoms with Gasteiger partial charge < -0.3 is 35.2 Å². The normalized spacial score (nSPS) is 32.2. The van der Waals surface area contributed by atoms with E-state index in [-0.39, 0.29) is 47.7 Å². The molecule has 12 atom stereocenters. The lowest BCUT2D eigenvalue weighted by Crippen LogP contribution is -2.58. The van der Waals surface area contributed by atoms with Crippen LogP contribution in [-0.2, 0) is 9.59 Å². The van der Waals surface area contributed by atoms with E-state index in [4.69, 9.17) is 10.2 Å². The van der Waals surface area contributed by atoms with Crippen LogP contribution in [0.1, 0.15) is 123 Å². The number of aliphatic hydroxyl groups is 4. The third-order valence-electron chi connectivity index (χ3n) is 15.3. The van der Waals surface area contributed by atoms with Crippen molar-refractivity contribution in [2.75, 3.05) is 0 Å². The van der Waals surface area contributed by atoms with Crippen LogP contribution in [0.5, 0.6) is 0 Å². The Balaban J connectivity index is 0.000000196. The van der Waals surface area contributed by atoms with E-state index in [9.17, 15) is 34.4 Å². The summed E-state index contributed by atoms with van der Waals surface area (Å²) in [6.07, 6.45) is 9.99. The lowest BCUT2D eigenvalue weighted by molar-refractivity contribution is -0.175. The first-order valence-corrected chi connectivity index (χ1v) is 21.7. The van der Waals surface area contributed by atoms with Crippen LogP contribution in [0.25, 0.3) is 28.1 Å². The maximum Gasteiger partial charge on any atom is 0.305 e. The number of hydrogen-bond acceptors (Lipinski definition) is 6. The topological polar surface area (TPSA) is 160 Å². The Morgan fingerprint density at radius 1 is 0.897 bits per heavy atom. The van der Waals surface area contributed by atoms with Gasteiger partial charge in [0, 0.05) is 41.0 Å². The maximum absolute atomic E-state index is 13.5. The van der Waals surface area contributed by atoms with Gasteiger partial charge in [-0.1, -0.05) is 57.2 Å². The summed E-state index contributed by atoms with van der Waals surface area (Å²) in [5, 5.41) is 60.6. The molecule has 10 heteroatoms. The Morgan fingerprint density at radius 2 is 1.60 bits per heavy atom. The first kappa shape index (κ1) is 44.0. The van der Waals surface area contributed by atoms with Crippen molar-refractivity contribution in [2.45, 2.75) is 142 Å². The van der Waals surface area contributed by atoms with Gasteiger partial charge in [0.05, 0.1) is 30.8 Å². The number of rotatable bonds is 12. The summed E-state index contributed by atoms with van der Waals surface area (Å²) in [6.45, 7) is 11.1. The molecule has 318 valence electrons. The summed E-state index contributed by atoms with van der Waals surface area (Å²) in [5.41, 5.74) is 3.87. The molecule has 1 heterocycles. The fourth-order valence-electron chi connectivity index (χ4n) is 12.5. The number of aliphatic hydroxyl groups excluding tert-OH is 4. The summed E-state index contributed by atoms with van der Waals surface area (Å²) >= 11 is 0. The van der Waals surface area contributed by atoms with E-state index in [1.165, 1.54) is 31.4 Å². The molecule has 4 saturated carbocycles. The molecule has 4 fully saturated rings. The quantitative estimate of drug-likeness (QED) is 0.106. The summed E-state index contributed by atoms with van der Waals surface area (Å²) in [6, 6.07) is 14.4. The zero-order valence-electron chi connectivity index (χ0n) is 34.9. The van der Waals surface area contributed by atoms with Gasteiger partial charge in [-0.05, 0) is 148 Å². The average molecular weight is 804 g/mol. The van der Waals surface area contributed by atoms with Gasteiger partial charge in [-0.3, -0.25) is 9.59 Å². The summed E-state index contributed by atoms with van der Waals surface area (Å²) < 4.78 is 15.6. The molecule has 3 aromatic rings. The number of carbonyl (C=O) groups is 2. The number of benzene rings is 2. The second kappa shape index (κ2) is 18.0. The number of carboxylic acid groups (broad SMARTS) is 2. The first-order valence-electron chi connectivity index (χ1n) is 21.7. The van der Waals surface area contributed by atoms with E-state index in [1.807, 2.05) is 24.3 Å². The largest absolute Gasteiger partial charge is 0.481 e. The number of aromatic nitrogens is 1. The fraction of sp³-hybridized carbons (Fsp3) is 0.625. The third-order valence-corrected chi connectivity index (χ3v) is 15.3. The second-order valence-corrected chi connectivity index (χ2v) is 19.0. The fourth-order valence-corrected chi connectivity index (χ4v) is 12.5. The van der Waals surface area contributed by atoms with Crippen molar-refractivity contribution < 1.29 is 44.6 Å². The number of aliphatic carboxylic acids is 2. The Hall–Kier alpha value is -3.57. The molecular formula is C48H66FNO8. The Kier molecular flexibility index (Phi) is 13.6. The highest BCUT2D eigenvalue weighted by Gasteiger charge is 2.63. The van der Waals surface area contributed by atoms with Gasteiger partial charge in [-0.25, -0.2) is 4.39 Å². The lowest BCUT2D eigenvalue weighted by Gasteiger charge is -2.62. The molecule has 0 radical (unpaired) electrons. The van der Waals surface area contributed by atoms with Crippen LogP contribution in [0, 0.1) is 52.2 Å². The number of nitrogens with zero attached hydrogens (tertiary/aromatic N) is 1. The highest BCUT2D eigenvalue weighted by atomic mass is 19.1. The number of hydrogen-bond donors (Lipinski definition) is 6. The first-order chi connectivity index (χ1) is 27.4. The SMILES string of the molecule is CC(C)n1c(/C=C/[C@@H](O)C[C@@H](O)CC(=O)O)c(-c2ccc(F)cc2)c2ccccc21.C[C@H](CCC(=O)O)[C@H]1CC[C@H]2[C@@H]3CC[C@@H]4C[C@H](O)CC[C@]4(C)[C@H]3C[C@H](O)[C@]12C. The van der Waals surface area contributed by atoms with Crippen molar-refractivity contribution in [3.63, 3.8) is 0 Å². The van der Waals surface area contributed by atoms with Crippen molar-refractivity contribution in [3.8, 4) is 11.1 Å². The molecule has 0 bridgehead atoms. The summed E-state index contributed by atoms with van der Waals surface area (Å²) in [5.74, 6) is 1.12. The minimum atomic E-state index is -1.13. The van der Waals surface area contributed by atoms with Crippen molar-refractivity contribution in [3.05, 3.63) is 66.1 Å². The predicted molar refractivity (Wildman–Crippen MR) is 224 cm³/mol. The smallest absolute Gasteiger partial charge is 0.305 e. The van der Waals surface area contributed by atoms with E-state index in [2.05, 4.69) is 39.2 Å². The summed E-state index contributed by atoms with van der Waals surface area (Å²) in [7, 11) is 0. The second-order valence-electron chi connectivity index (χ2n) is 19.0. The molecule has 0 saturated heterocycles. The van der Waals surface area contributed by atoms with Crippen LogP contribution >= 0.6 is 0 Å². The maximum atomic E-state index is 13.5. The Labute approximate surface area is 343 Å². The molecule has 0 aliphatic heterocycles. The third kappa shape index (κ3) is 8.81. The molecule has 6 N–H and O–H groups in total. The molecule has 2 aromatic carbocycles. The van der Waals surface area contributed by atoms with Crippen molar-refractivity contribution >= 4 is 28.9 Å². The van der Waals surface area contributed by atoms with Crippen LogP contribution < -0.4 is 0 Å². The molecule has 0 unspecified atom stereocenters. The molecule has 0 spiro atoms. The predicted octanol–water partition coefficient (Wildman–Crippen LogP) is 9.11. The Morgan fingerprint density at radius 3 is 2.28 bits per heavy atom. The lowest BCUT2D eigenvalue weighted by atomic mass is 9.43. The number of carboxylic acids is 2. The zero-order chi connectivity index (χ0) is 42.1. The van der Waals surface area contributed by atoms with Gasteiger partial charge in [0.15, 0.2) is 0 Å². The standard InChI is InChI=1S/C24H26FNO4.C24H40O4/c1-15(2)26-21-6-4-3-5-20(21)24(16-7-9-17(25)10-8-16)22(26)12-11-18(27)13-19(28)14-23(29)30;1-14(4-9-22(27)28)18-7-8-19-17-6-5-15-12-16(25)10-11-23(15,2)20(17)13-21(26)24(18,19)3/h3-12,15,18-19,27-28H,13-14H2,1-2H3,(H,29,30);14-21,25-26H,4-13H2,1-3H3,(H,27,28)/b12-11+;/t18-,19-;14-,15-,16-,17+,18-,19+,20+,21+,23+,24-/m11/s1. The van der Waals surface area contributed by atoms with E-state index in [0.717, 1.165) is 66.2 Å². The van der Waals surface area contributed by atoms with Gasteiger partial charge >= 0.3 is 11.9 Å². The molecule has 7 rings (SSSR count). The minimum absolute atomic E-state index is 0.0591. The highest BCUT2D eigenvalue weighted by Crippen LogP contribution is 2.68. The molecule has 1 aromatic heterocycles. The molecule has 58 heavy (non-hydrogen) atoms. The van der Waals surface area contributed by atoms with Gasteiger partial charge in [0.25, 0.3) is 0 Å². The molecule has 4 aliphatic rings. The van der Waals surface area contributed by atoms with Crippen molar-refractivity contribution in [1.29, 1.82) is 0 Å². The molecule has 9 nitrogen and oxygen atoms in total. The summed E-state index contributed by atoms with van der Waals surface area (Å²) in [4.78, 5) is 21.8. The van der Waals surface area contributed by atoms with Crippen molar-refractivity contribution in [2.24, 2.45) is 46.3 Å². The Bertz CT molecular complexity index is 1920. The number of para-hydroxylation sites is 1. The van der Waals surface area contributed by atoms with E-state index in [0.29, 0.717) is 35.5 Å². The van der Waals surface area contributed by atoms with Crippen molar-refractivity contribution in [1.82, 2.24) is 4.57 Å². The van der Waals surface area contributed by atoms with E-state index in [1.54, 1.807) is 24.3 Å². The van der Waals surface area contributed by atoms with E-state index < -0.39 is 30.6 Å². The van der Waals surface area contributed by atoms with Gasteiger partial charge in [0.1, 0.15) is 5.82 Å². The minimum Gasteiger partial charge on any atom is -0.481 e. The highest BCUT2D eigenvalue weighted by molar-refractivity contribution is 6.01. The number of fused-ring (bicyclic) bond motifs is 6. The van der Waals surface area contributed by atoms with Gasteiger partial charge in [-0.15, -0.1) is 0 Å². The van der Waals surface area contributed by atoms with Crippen LogP contribution in [0.15, 0.2) is 54.6 Å². The monoisotopic (exact) mass is 803 g/mol.